The molecule has 0 bridgehead atoms. The molecule has 4 aliphatic rings. The van der Waals surface area contributed by atoms with E-state index in [4.69, 9.17) is 4.74 Å². The molecule has 4 nitrogen and oxygen atoms in total. The van der Waals surface area contributed by atoms with E-state index in [1.807, 2.05) is 0 Å². The Labute approximate surface area is 156 Å². The Kier molecular flexibility index (Phi) is 4.24. The van der Waals surface area contributed by atoms with Crippen molar-refractivity contribution in [1.29, 1.82) is 0 Å². The van der Waals surface area contributed by atoms with Crippen LogP contribution in [0.15, 0.2) is 11.6 Å². The molecule has 144 valence electrons. The Morgan fingerprint density at radius 1 is 1.12 bits per heavy atom. The van der Waals surface area contributed by atoms with E-state index in [2.05, 4.69) is 19.9 Å². The number of carboxylic acids is 1. The lowest BCUT2D eigenvalue weighted by atomic mass is 9.47. The number of allylic oxidation sites excluding steroid dienone is 1. The van der Waals surface area contributed by atoms with Crippen molar-refractivity contribution in [2.45, 2.75) is 78.2 Å². The first-order valence-corrected chi connectivity index (χ1v) is 10.4. The van der Waals surface area contributed by atoms with Crippen LogP contribution < -0.4 is 0 Å². The van der Waals surface area contributed by atoms with Gasteiger partial charge in [0.1, 0.15) is 6.10 Å². The van der Waals surface area contributed by atoms with Crippen LogP contribution in [0.5, 0.6) is 0 Å². The number of fused-ring (bicyclic) bond motifs is 5. The maximum absolute atomic E-state index is 11.8. The van der Waals surface area contributed by atoms with Gasteiger partial charge in [0.2, 0.25) is 0 Å². The molecule has 0 aliphatic heterocycles. The summed E-state index contributed by atoms with van der Waals surface area (Å²) in [6, 6.07) is 0. The van der Waals surface area contributed by atoms with Crippen molar-refractivity contribution in [2.24, 2.45) is 34.5 Å². The summed E-state index contributed by atoms with van der Waals surface area (Å²) in [6.07, 6.45) is 10.6. The fourth-order valence-corrected chi connectivity index (χ4v) is 7.37. The van der Waals surface area contributed by atoms with E-state index in [-0.39, 0.29) is 28.8 Å². The monoisotopic (exact) mass is 360 g/mol. The largest absolute Gasteiger partial charge is 0.481 e. The zero-order chi connectivity index (χ0) is 18.7. The van der Waals surface area contributed by atoms with Crippen LogP contribution in [0.4, 0.5) is 0 Å². The number of rotatable bonds is 2. The Bertz CT molecular complexity index is 653. The molecule has 1 N–H and O–H groups in total. The minimum atomic E-state index is -0.589. The van der Waals surface area contributed by atoms with E-state index < -0.39 is 5.97 Å². The van der Waals surface area contributed by atoms with Crippen molar-refractivity contribution in [3.63, 3.8) is 0 Å². The van der Waals surface area contributed by atoms with Gasteiger partial charge in [-0.25, -0.2) is 0 Å². The van der Waals surface area contributed by atoms with E-state index in [1.54, 1.807) is 0 Å². The predicted molar refractivity (Wildman–Crippen MR) is 98.4 cm³/mol. The summed E-state index contributed by atoms with van der Waals surface area (Å²) in [5, 5.41) is 9.70. The number of esters is 1. The van der Waals surface area contributed by atoms with Gasteiger partial charge in [-0.15, -0.1) is 0 Å². The number of carbonyl (C=O) groups is 2. The summed E-state index contributed by atoms with van der Waals surface area (Å²) >= 11 is 0. The topological polar surface area (TPSA) is 63.6 Å². The summed E-state index contributed by atoms with van der Waals surface area (Å²) in [7, 11) is 0. The summed E-state index contributed by atoms with van der Waals surface area (Å²) in [4.78, 5) is 23.1. The van der Waals surface area contributed by atoms with Crippen LogP contribution in [0, 0.1) is 34.5 Å². The van der Waals surface area contributed by atoms with Gasteiger partial charge in [-0.3, -0.25) is 9.59 Å². The van der Waals surface area contributed by atoms with E-state index in [0.717, 1.165) is 51.4 Å². The molecule has 0 radical (unpaired) electrons. The second-order valence-corrected chi connectivity index (χ2v) is 9.75. The van der Waals surface area contributed by atoms with Crippen molar-refractivity contribution in [3.05, 3.63) is 11.6 Å². The van der Waals surface area contributed by atoms with Gasteiger partial charge in [0.05, 0.1) is 5.92 Å². The van der Waals surface area contributed by atoms with Crippen LogP contribution in [-0.4, -0.2) is 23.1 Å². The Balaban J connectivity index is 1.59. The van der Waals surface area contributed by atoms with Gasteiger partial charge in [-0.05, 0) is 73.5 Å². The number of carboxylic acid groups (broad SMARTS) is 1. The molecule has 4 aliphatic carbocycles. The second kappa shape index (κ2) is 6.10. The van der Waals surface area contributed by atoms with E-state index in [0.29, 0.717) is 17.8 Å². The molecular formula is C22H32O4. The van der Waals surface area contributed by atoms with Crippen LogP contribution >= 0.6 is 0 Å². The first kappa shape index (κ1) is 18.1. The molecule has 0 heterocycles. The maximum Gasteiger partial charge on any atom is 0.307 e. The molecule has 0 aromatic carbocycles. The zero-order valence-electron chi connectivity index (χ0n) is 16.3. The smallest absolute Gasteiger partial charge is 0.307 e. The first-order valence-electron chi connectivity index (χ1n) is 10.4. The van der Waals surface area contributed by atoms with Crippen molar-refractivity contribution in [1.82, 2.24) is 0 Å². The van der Waals surface area contributed by atoms with Gasteiger partial charge in [-0.2, -0.15) is 0 Å². The summed E-state index contributed by atoms with van der Waals surface area (Å²) in [5.41, 5.74) is 1.68. The van der Waals surface area contributed by atoms with Gasteiger partial charge < -0.3 is 9.84 Å². The third-order valence-electron chi connectivity index (χ3n) is 8.69. The molecule has 0 amide bonds. The summed E-state index contributed by atoms with van der Waals surface area (Å²) < 4.78 is 5.50. The Morgan fingerprint density at radius 2 is 1.88 bits per heavy atom. The molecule has 3 fully saturated rings. The fourth-order valence-electron chi connectivity index (χ4n) is 7.37. The molecule has 4 rings (SSSR count). The standard InChI is InChI=1S/C22H32O4/c1-13(23)26-15-8-10-21(2)14(12-15)4-5-16-17-6-7-19(20(24)25)22(17,3)11-9-18(16)21/h4,15-19H,5-12H2,1-3H3,(H,24,25)/t15-,16+,17+,18-,19-,21-,22+/m1/s1. The lowest BCUT2D eigenvalue weighted by molar-refractivity contribution is -0.151. The summed E-state index contributed by atoms with van der Waals surface area (Å²) in [5.74, 6) is 0.901. The van der Waals surface area contributed by atoms with Gasteiger partial charge in [0, 0.05) is 13.3 Å². The SMILES string of the molecule is CC(=O)O[C@@H]1CC[C@]2(C)C(=CC[C@@H]3[C@H]2CC[C@]2(C)[C@@H](C(=O)O)CC[C@@H]32)C1. The number of hydrogen-bond acceptors (Lipinski definition) is 3. The van der Waals surface area contributed by atoms with Gasteiger partial charge in [0.25, 0.3) is 0 Å². The first-order chi connectivity index (χ1) is 12.3. The normalized spacial score (nSPS) is 47.2. The van der Waals surface area contributed by atoms with E-state index in [9.17, 15) is 14.7 Å². The summed E-state index contributed by atoms with van der Waals surface area (Å²) in [6.45, 7) is 6.17. The number of carbonyl (C=O) groups excluding carboxylic acids is 1. The third-order valence-corrected chi connectivity index (χ3v) is 8.69. The average molecular weight is 360 g/mol. The fraction of sp³-hybridized carbons (Fsp3) is 0.818. The highest BCUT2D eigenvalue weighted by atomic mass is 16.5. The molecule has 0 unspecified atom stereocenters. The minimum Gasteiger partial charge on any atom is -0.481 e. The molecule has 0 aromatic rings. The molecule has 0 aromatic heterocycles. The van der Waals surface area contributed by atoms with E-state index in [1.165, 1.54) is 12.5 Å². The Morgan fingerprint density at radius 3 is 2.58 bits per heavy atom. The van der Waals surface area contributed by atoms with Crippen LogP contribution in [0.3, 0.4) is 0 Å². The second-order valence-electron chi connectivity index (χ2n) is 9.75. The van der Waals surface area contributed by atoms with Crippen molar-refractivity contribution in [2.75, 3.05) is 0 Å². The van der Waals surface area contributed by atoms with Crippen molar-refractivity contribution < 1.29 is 19.4 Å². The number of aliphatic carboxylic acids is 1. The van der Waals surface area contributed by atoms with Crippen LogP contribution in [-0.2, 0) is 14.3 Å². The van der Waals surface area contributed by atoms with Crippen LogP contribution in [0.1, 0.15) is 72.1 Å². The zero-order valence-corrected chi connectivity index (χ0v) is 16.3. The van der Waals surface area contributed by atoms with Gasteiger partial charge in [-0.1, -0.05) is 25.5 Å². The minimum absolute atomic E-state index is 0.0242. The highest BCUT2D eigenvalue weighted by Gasteiger charge is 2.60. The molecule has 4 heteroatoms. The van der Waals surface area contributed by atoms with Crippen LogP contribution in [0.2, 0.25) is 0 Å². The third kappa shape index (κ3) is 2.55. The lowest BCUT2D eigenvalue weighted by Gasteiger charge is -2.57. The number of hydrogen-bond donors (Lipinski definition) is 1. The molecule has 3 saturated carbocycles. The highest BCUT2D eigenvalue weighted by molar-refractivity contribution is 5.71. The molecule has 0 saturated heterocycles. The quantitative estimate of drug-likeness (QED) is 0.578. The highest BCUT2D eigenvalue weighted by Crippen LogP contribution is 2.66. The van der Waals surface area contributed by atoms with Crippen LogP contribution in [0.25, 0.3) is 0 Å². The number of ether oxygens (including phenoxy) is 1. The Hall–Kier alpha value is -1.32. The average Bonchev–Trinajstić information content (AvgIpc) is 2.92. The van der Waals surface area contributed by atoms with Crippen molar-refractivity contribution >= 4 is 11.9 Å². The van der Waals surface area contributed by atoms with E-state index >= 15 is 0 Å². The molecule has 0 spiro atoms. The van der Waals surface area contributed by atoms with Crippen molar-refractivity contribution in [3.8, 4) is 0 Å². The lowest BCUT2D eigenvalue weighted by Crippen LogP contribution is -2.51. The van der Waals surface area contributed by atoms with Gasteiger partial charge >= 0.3 is 11.9 Å². The maximum atomic E-state index is 11.8. The van der Waals surface area contributed by atoms with Gasteiger partial charge in [0.15, 0.2) is 0 Å². The predicted octanol–water partition coefficient (Wildman–Crippen LogP) is 4.58. The molecule has 7 atom stereocenters. The molecular weight excluding hydrogens is 328 g/mol. The molecule has 26 heavy (non-hydrogen) atoms.